The summed E-state index contributed by atoms with van der Waals surface area (Å²) in [5.41, 5.74) is 4.98. The maximum Gasteiger partial charge on any atom is 0.121 e. The second-order valence-corrected chi connectivity index (χ2v) is 6.88. The van der Waals surface area contributed by atoms with Gasteiger partial charge in [0.05, 0.1) is 11.2 Å². The van der Waals surface area contributed by atoms with Crippen LogP contribution in [-0.2, 0) is 0 Å². The van der Waals surface area contributed by atoms with Crippen LogP contribution in [0, 0.1) is 0 Å². The predicted octanol–water partition coefficient (Wildman–Crippen LogP) is 5.52. The van der Waals surface area contributed by atoms with Crippen molar-refractivity contribution in [2.75, 3.05) is 0 Å². The van der Waals surface area contributed by atoms with Crippen molar-refractivity contribution in [2.24, 2.45) is 0 Å². The van der Waals surface area contributed by atoms with Gasteiger partial charge in [0, 0.05) is 11.6 Å². The Kier molecular flexibility index (Phi) is 3.14. The molecule has 2 aromatic heterocycles. The molecule has 6 rings (SSSR count). The number of benzene rings is 4. The van der Waals surface area contributed by atoms with Gasteiger partial charge in [-0.3, -0.25) is 0 Å². The number of hydrogen-bond acceptors (Lipinski definition) is 2. The van der Waals surface area contributed by atoms with Crippen molar-refractivity contribution in [1.29, 1.82) is 0 Å². The summed E-state index contributed by atoms with van der Waals surface area (Å²) in [6.45, 7) is 0. The Balaban J connectivity index is 1.61. The van der Waals surface area contributed by atoms with Gasteiger partial charge < -0.3 is 4.57 Å². The fourth-order valence-corrected chi connectivity index (χ4v) is 3.89. The van der Waals surface area contributed by atoms with Gasteiger partial charge in [-0.15, -0.1) is 15.0 Å². The molecule has 0 aliphatic rings. The highest BCUT2D eigenvalue weighted by Crippen LogP contribution is 2.27. The lowest BCUT2D eigenvalue weighted by atomic mass is 10.1. The molecule has 0 bridgehead atoms. The van der Waals surface area contributed by atoms with Crippen LogP contribution in [0.2, 0.25) is 0 Å². The molecule has 132 valence electrons. The summed E-state index contributed by atoms with van der Waals surface area (Å²) in [5.74, 6) is 0. The minimum Gasteiger partial charge on any atom is -0.314 e. The van der Waals surface area contributed by atoms with E-state index in [4.69, 9.17) is 10.2 Å². The molecule has 0 saturated heterocycles. The Hall–Kier alpha value is -3.92. The van der Waals surface area contributed by atoms with Gasteiger partial charge in [0.25, 0.3) is 0 Å². The van der Waals surface area contributed by atoms with E-state index in [0.717, 1.165) is 33.3 Å². The van der Waals surface area contributed by atoms with E-state index in [-0.39, 0.29) is 0 Å². The monoisotopic (exact) mass is 360 g/mol. The van der Waals surface area contributed by atoms with Crippen LogP contribution in [0.25, 0.3) is 44.1 Å². The molecule has 0 fully saturated rings. The summed E-state index contributed by atoms with van der Waals surface area (Å²) in [5, 5.41) is 13.1. The zero-order chi connectivity index (χ0) is 18.5. The van der Waals surface area contributed by atoms with Crippen molar-refractivity contribution in [3.63, 3.8) is 0 Å². The topological polar surface area (TPSA) is 35.6 Å². The average Bonchev–Trinajstić information content (AvgIpc) is 3.38. The summed E-state index contributed by atoms with van der Waals surface area (Å²) in [6, 6.07) is 31.2. The highest BCUT2D eigenvalue weighted by Gasteiger charge is 2.13. The molecule has 0 radical (unpaired) electrons. The Bertz CT molecular complexity index is 1470. The SMILES string of the molecule is c1ccc(-n2ccc3ccccc32)c(-n2nc3ccc4ccccc4c3n2)c1. The molecule has 0 spiro atoms. The van der Waals surface area contributed by atoms with Crippen LogP contribution in [-0.4, -0.2) is 19.6 Å². The Morgan fingerprint density at radius 3 is 2.25 bits per heavy atom. The van der Waals surface area contributed by atoms with Crippen LogP contribution in [0.5, 0.6) is 0 Å². The molecule has 4 heteroatoms. The Morgan fingerprint density at radius 2 is 1.32 bits per heavy atom. The summed E-state index contributed by atoms with van der Waals surface area (Å²) in [6.07, 6.45) is 2.10. The number of para-hydroxylation sites is 3. The summed E-state index contributed by atoms with van der Waals surface area (Å²) >= 11 is 0. The maximum atomic E-state index is 4.85. The molecular weight excluding hydrogens is 344 g/mol. The second kappa shape index (κ2) is 5.79. The molecule has 4 aromatic carbocycles. The van der Waals surface area contributed by atoms with Crippen molar-refractivity contribution in [3.05, 3.63) is 97.2 Å². The Morgan fingerprint density at radius 1 is 0.571 bits per heavy atom. The standard InChI is InChI=1S/C24H16N4/c1-3-9-19-17(7-1)13-14-20-24(19)26-28(25-20)23-12-6-5-11-22(23)27-16-15-18-8-2-4-10-21(18)27/h1-16H. The fourth-order valence-electron chi connectivity index (χ4n) is 3.89. The van der Waals surface area contributed by atoms with Crippen molar-refractivity contribution < 1.29 is 0 Å². The van der Waals surface area contributed by atoms with Crippen LogP contribution in [0.4, 0.5) is 0 Å². The Labute approximate surface area is 161 Å². The molecular formula is C24H16N4. The van der Waals surface area contributed by atoms with Gasteiger partial charge in [-0.2, -0.15) is 0 Å². The van der Waals surface area contributed by atoms with E-state index >= 15 is 0 Å². The van der Waals surface area contributed by atoms with Gasteiger partial charge in [0.15, 0.2) is 0 Å². The first-order chi connectivity index (χ1) is 13.9. The van der Waals surface area contributed by atoms with Crippen molar-refractivity contribution in [2.45, 2.75) is 0 Å². The molecule has 0 atom stereocenters. The molecule has 0 saturated carbocycles. The zero-order valence-electron chi connectivity index (χ0n) is 15.0. The summed E-state index contributed by atoms with van der Waals surface area (Å²) in [7, 11) is 0. The van der Waals surface area contributed by atoms with Crippen molar-refractivity contribution >= 4 is 32.7 Å². The van der Waals surface area contributed by atoms with E-state index in [9.17, 15) is 0 Å². The minimum atomic E-state index is 0.894. The van der Waals surface area contributed by atoms with Gasteiger partial charge in [0.2, 0.25) is 0 Å². The van der Waals surface area contributed by atoms with Crippen LogP contribution in [0.1, 0.15) is 0 Å². The fraction of sp³-hybridized carbons (Fsp3) is 0. The number of fused-ring (bicyclic) bond motifs is 4. The van der Waals surface area contributed by atoms with E-state index in [1.54, 1.807) is 4.80 Å². The molecule has 0 aliphatic carbocycles. The molecule has 0 unspecified atom stereocenters. The normalized spacial score (nSPS) is 11.6. The lowest BCUT2D eigenvalue weighted by molar-refractivity contribution is 0.760. The van der Waals surface area contributed by atoms with Gasteiger partial charge >= 0.3 is 0 Å². The first-order valence-electron chi connectivity index (χ1n) is 9.29. The van der Waals surface area contributed by atoms with E-state index in [0.29, 0.717) is 0 Å². The quantitative estimate of drug-likeness (QED) is 0.408. The summed E-state index contributed by atoms with van der Waals surface area (Å²) < 4.78 is 2.19. The highest BCUT2D eigenvalue weighted by atomic mass is 15.5. The van der Waals surface area contributed by atoms with E-state index < -0.39 is 0 Å². The van der Waals surface area contributed by atoms with Gasteiger partial charge in [-0.25, -0.2) is 0 Å². The predicted molar refractivity (Wildman–Crippen MR) is 113 cm³/mol. The van der Waals surface area contributed by atoms with Gasteiger partial charge in [-0.05, 0) is 41.1 Å². The van der Waals surface area contributed by atoms with Gasteiger partial charge in [0.1, 0.15) is 16.7 Å². The first-order valence-corrected chi connectivity index (χ1v) is 9.29. The largest absolute Gasteiger partial charge is 0.314 e. The van der Waals surface area contributed by atoms with Crippen LogP contribution in [0.15, 0.2) is 97.2 Å². The molecule has 6 aromatic rings. The lowest BCUT2D eigenvalue weighted by Gasteiger charge is -2.11. The molecule has 4 nitrogen and oxygen atoms in total. The van der Waals surface area contributed by atoms with E-state index in [2.05, 4.69) is 71.4 Å². The molecule has 2 heterocycles. The second-order valence-electron chi connectivity index (χ2n) is 6.88. The minimum absolute atomic E-state index is 0.894. The third kappa shape index (κ3) is 2.18. The molecule has 0 aliphatic heterocycles. The molecule has 0 N–H and O–H groups in total. The third-order valence-electron chi connectivity index (χ3n) is 5.23. The maximum absolute atomic E-state index is 4.85. The number of aromatic nitrogens is 4. The summed E-state index contributed by atoms with van der Waals surface area (Å²) in [4.78, 5) is 1.75. The number of rotatable bonds is 2. The average molecular weight is 360 g/mol. The van der Waals surface area contributed by atoms with Gasteiger partial charge in [-0.1, -0.05) is 60.7 Å². The van der Waals surface area contributed by atoms with E-state index in [1.165, 1.54) is 10.8 Å². The zero-order valence-corrected chi connectivity index (χ0v) is 15.0. The van der Waals surface area contributed by atoms with Crippen LogP contribution < -0.4 is 0 Å². The highest BCUT2D eigenvalue weighted by molar-refractivity contribution is 6.03. The van der Waals surface area contributed by atoms with E-state index in [1.807, 2.05) is 30.3 Å². The number of nitrogens with zero attached hydrogens (tertiary/aromatic N) is 4. The first kappa shape index (κ1) is 15.2. The lowest BCUT2D eigenvalue weighted by Crippen LogP contribution is -2.05. The van der Waals surface area contributed by atoms with Crippen LogP contribution in [0.3, 0.4) is 0 Å². The number of hydrogen-bond donors (Lipinski definition) is 0. The van der Waals surface area contributed by atoms with Crippen molar-refractivity contribution in [3.8, 4) is 11.4 Å². The van der Waals surface area contributed by atoms with Crippen LogP contribution >= 0.6 is 0 Å². The molecule has 0 amide bonds. The van der Waals surface area contributed by atoms with Crippen molar-refractivity contribution in [1.82, 2.24) is 19.6 Å². The third-order valence-corrected chi connectivity index (χ3v) is 5.23. The smallest absolute Gasteiger partial charge is 0.121 e. The molecule has 28 heavy (non-hydrogen) atoms.